The lowest BCUT2D eigenvalue weighted by molar-refractivity contribution is 0.305. The Morgan fingerprint density at radius 3 is 2.50 bits per heavy atom. The average molecular weight is 486 g/mol. The maximum atomic E-state index is 14.0. The van der Waals surface area contributed by atoms with Crippen LogP contribution in [-0.4, -0.2) is 64.7 Å². The van der Waals surface area contributed by atoms with Crippen molar-refractivity contribution in [1.29, 1.82) is 0 Å². The summed E-state index contributed by atoms with van der Waals surface area (Å²) < 4.78 is 42.4. The van der Waals surface area contributed by atoms with E-state index in [0.29, 0.717) is 29.9 Å². The number of nitrogens with zero attached hydrogens (tertiary/aromatic N) is 6. The van der Waals surface area contributed by atoms with Crippen LogP contribution in [0.5, 0.6) is 0 Å². The van der Waals surface area contributed by atoms with Crippen LogP contribution in [0.3, 0.4) is 0 Å². The first kappa shape index (κ1) is 22.7. The number of sulfonamides is 1. The summed E-state index contributed by atoms with van der Waals surface area (Å²) in [5.74, 6) is 1.81. The summed E-state index contributed by atoms with van der Waals surface area (Å²) in [6.45, 7) is 7.57. The number of rotatable bonds is 7. The lowest BCUT2D eigenvalue weighted by atomic mass is 10.0. The third-order valence-corrected chi connectivity index (χ3v) is 8.25. The number of hydrogen-bond donors (Lipinski definition) is 1. The van der Waals surface area contributed by atoms with Crippen LogP contribution >= 0.6 is 0 Å². The highest BCUT2D eigenvalue weighted by Crippen LogP contribution is 2.34. The minimum absolute atomic E-state index is 0.329. The van der Waals surface area contributed by atoms with Crippen LogP contribution in [-0.2, 0) is 16.6 Å². The first-order chi connectivity index (χ1) is 16.3. The Balaban J connectivity index is 1.19. The molecule has 180 valence electrons. The Morgan fingerprint density at radius 2 is 1.79 bits per heavy atom. The lowest BCUT2D eigenvalue weighted by Gasteiger charge is -2.22. The number of para-hydroxylation sites is 1. The van der Waals surface area contributed by atoms with Crippen LogP contribution in [0.15, 0.2) is 48.7 Å². The van der Waals surface area contributed by atoms with Gasteiger partial charge in [0.1, 0.15) is 23.1 Å². The fourth-order valence-electron chi connectivity index (χ4n) is 4.68. The Bertz CT molecular complexity index is 1270. The van der Waals surface area contributed by atoms with Gasteiger partial charge < -0.3 is 4.90 Å². The molecule has 1 aromatic carbocycles. The minimum Gasteiger partial charge on any atom is -0.356 e. The molecule has 2 saturated heterocycles. The molecule has 1 N–H and O–H groups in total. The second-order valence-electron chi connectivity index (χ2n) is 9.30. The van der Waals surface area contributed by atoms with Gasteiger partial charge in [0.2, 0.25) is 10.0 Å². The van der Waals surface area contributed by atoms with Crippen molar-refractivity contribution in [2.45, 2.75) is 25.6 Å². The Hall–Kier alpha value is -3.05. The Morgan fingerprint density at radius 1 is 1.06 bits per heavy atom. The van der Waals surface area contributed by atoms with Crippen molar-refractivity contribution < 1.29 is 12.8 Å². The van der Waals surface area contributed by atoms with E-state index in [1.54, 1.807) is 44.3 Å². The summed E-state index contributed by atoms with van der Waals surface area (Å²) in [5, 5.41) is 7.80. The summed E-state index contributed by atoms with van der Waals surface area (Å²) in [6.07, 6.45) is 1.78. The quantitative estimate of drug-likeness (QED) is 0.549. The highest BCUT2D eigenvalue weighted by Gasteiger charge is 2.40. The molecule has 34 heavy (non-hydrogen) atoms. The molecular formula is C23H28FN7O2S. The number of aromatic nitrogens is 4. The SMILES string of the molecule is CC(C)S(=O)(=O)Nc1cccc(N2CC3CN(Cc4cn(-c5ccccc5F)nn4)CC3C2)n1. The highest BCUT2D eigenvalue weighted by atomic mass is 32.2. The van der Waals surface area contributed by atoms with Gasteiger partial charge in [-0.15, -0.1) is 5.10 Å². The molecule has 0 radical (unpaired) electrons. The van der Waals surface area contributed by atoms with Gasteiger partial charge in [0.05, 0.1) is 17.1 Å². The smallest absolute Gasteiger partial charge is 0.236 e. The van der Waals surface area contributed by atoms with Crippen molar-refractivity contribution >= 4 is 21.7 Å². The van der Waals surface area contributed by atoms with E-state index in [2.05, 4.69) is 29.8 Å². The standard InChI is InChI=1S/C23H28FN7O2S/c1-16(2)34(32,33)27-22-8-5-9-23(25-22)30-12-17-10-29(11-18(17)13-30)14-19-15-31(28-26-19)21-7-4-3-6-20(21)24/h3-9,15-18H,10-14H2,1-2H3,(H,25,27). The number of anilines is 2. The zero-order valence-corrected chi connectivity index (χ0v) is 20.0. The first-order valence-corrected chi connectivity index (χ1v) is 13.0. The number of likely N-dealkylation sites (tertiary alicyclic amines) is 1. The van der Waals surface area contributed by atoms with Gasteiger partial charge in [0.15, 0.2) is 0 Å². The van der Waals surface area contributed by atoms with Crippen molar-refractivity contribution in [2.24, 2.45) is 11.8 Å². The van der Waals surface area contributed by atoms with Crippen molar-refractivity contribution in [3.05, 3.63) is 60.2 Å². The van der Waals surface area contributed by atoms with Crippen molar-refractivity contribution in [2.75, 3.05) is 35.8 Å². The number of hydrogen-bond acceptors (Lipinski definition) is 7. The summed E-state index contributed by atoms with van der Waals surface area (Å²) in [7, 11) is -3.43. The number of pyridine rings is 1. The van der Waals surface area contributed by atoms with Crippen LogP contribution in [0.2, 0.25) is 0 Å². The average Bonchev–Trinajstić information content (AvgIpc) is 3.49. The largest absolute Gasteiger partial charge is 0.356 e. The van der Waals surface area contributed by atoms with Crippen LogP contribution in [0, 0.1) is 17.7 Å². The predicted molar refractivity (Wildman–Crippen MR) is 128 cm³/mol. The normalized spacial score (nSPS) is 20.8. The van der Waals surface area contributed by atoms with Gasteiger partial charge in [0.25, 0.3) is 0 Å². The molecule has 0 aliphatic carbocycles. The molecule has 2 aromatic heterocycles. The van der Waals surface area contributed by atoms with Gasteiger partial charge in [-0.2, -0.15) is 0 Å². The molecule has 2 atom stereocenters. The first-order valence-electron chi connectivity index (χ1n) is 11.4. The van der Waals surface area contributed by atoms with E-state index < -0.39 is 15.3 Å². The second kappa shape index (κ2) is 8.95. The van der Waals surface area contributed by atoms with E-state index in [9.17, 15) is 12.8 Å². The van der Waals surface area contributed by atoms with E-state index in [1.165, 1.54) is 10.7 Å². The zero-order chi connectivity index (χ0) is 23.9. The maximum absolute atomic E-state index is 14.0. The van der Waals surface area contributed by atoms with Gasteiger partial charge in [-0.1, -0.05) is 23.4 Å². The molecule has 0 bridgehead atoms. The Kier molecular flexibility index (Phi) is 5.98. The van der Waals surface area contributed by atoms with Crippen LogP contribution in [0.25, 0.3) is 5.69 Å². The van der Waals surface area contributed by atoms with Gasteiger partial charge in [-0.25, -0.2) is 22.5 Å². The number of nitrogens with one attached hydrogen (secondary N) is 1. The monoisotopic (exact) mass is 485 g/mol. The van der Waals surface area contributed by atoms with Crippen LogP contribution < -0.4 is 9.62 Å². The maximum Gasteiger partial charge on any atom is 0.236 e. The van der Waals surface area contributed by atoms with Gasteiger partial charge in [0, 0.05) is 32.7 Å². The Labute approximate surface area is 198 Å². The fraction of sp³-hybridized carbons (Fsp3) is 0.435. The molecule has 11 heteroatoms. The zero-order valence-electron chi connectivity index (χ0n) is 19.2. The molecule has 2 aliphatic rings. The van der Waals surface area contributed by atoms with Gasteiger partial charge in [-0.3, -0.25) is 9.62 Å². The summed E-state index contributed by atoms with van der Waals surface area (Å²) in [5.41, 5.74) is 1.20. The van der Waals surface area contributed by atoms with E-state index in [0.717, 1.165) is 37.7 Å². The molecule has 5 rings (SSSR count). The molecule has 2 unspecified atom stereocenters. The van der Waals surface area contributed by atoms with Crippen molar-refractivity contribution in [3.63, 3.8) is 0 Å². The molecule has 3 aromatic rings. The van der Waals surface area contributed by atoms with E-state index >= 15 is 0 Å². The number of benzene rings is 1. The van der Waals surface area contributed by atoms with E-state index in [-0.39, 0.29) is 5.82 Å². The molecular weight excluding hydrogens is 457 g/mol. The molecule has 9 nitrogen and oxygen atoms in total. The van der Waals surface area contributed by atoms with Gasteiger partial charge in [-0.05, 0) is 49.9 Å². The second-order valence-corrected chi connectivity index (χ2v) is 11.5. The van der Waals surface area contributed by atoms with Crippen molar-refractivity contribution in [1.82, 2.24) is 24.9 Å². The molecule has 4 heterocycles. The molecule has 2 fully saturated rings. The minimum atomic E-state index is -3.43. The third kappa shape index (κ3) is 4.62. The predicted octanol–water partition coefficient (Wildman–Crippen LogP) is 2.52. The molecule has 0 saturated carbocycles. The summed E-state index contributed by atoms with van der Waals surface area (Å²) in [4.78, 5) is 9.14. The highest BCUT2D eigenvalue weighted by molar-refractivity contribution is 7.93. The van der Waals surface area contributed by atoms with E-state index in [4.69, 9.17) is 0 Å². The number of halogens is 1. The summed E-state index contributed by atoms with van der Waals surface area (Å²) in [6, 6.07) is 12.0. The van der Waals surface area contributed by atoms with Gasteiger partial charge >= 0.3 is 0 Å². The van der Waals surface area contributed by atoms with Crippen LogP contribution in [0.4, 0.5) is 16.0 Å². The summed E-state index contributed by atoms with van der Waals surface area (Å²) >= 11 is 0. The third-order valence-electron chi connectivity index (χ3n) is 6.51. The topological polar surface area (TPSA) is 96.2 Å². The lowest BCUT2D eigenvalue weighted by Crippen LogP contribution is -2.29. The van der Waals surface area contributed by atoms with Crippen LogP contribution in [0.1, 0.15) is 19.5 Å². The molecule has 2 aliphatic heterocycles. The molecule has 0 spiro atoms. The van der Waals surface area contributed by atoms with Crippen molar-refractivity contribution in [3.8, 4) is 5.69 Å². The fourth-order valence-corrected chi connectivity index (χ4v) is 5.32. The molecule has 0 amide bonds. The van der Waals surface area contributed by atoms with E-state index in [1.807, 2.05) is 12.1 Å². The number of fused-ring (bicyclic) bond motifs is 1.